The molecule has 2 aromatic carbocycles. The van der Waals surface area contributed by atoms with Crippen molar-refractivity contribution in [1.82, 2.24) is 0 Å². The summed E-state index contributed by atoms with van der Waals surface area (Å²) >= 11 is 7.77. The SMILES string of the molecule is NC(=S)c1ccc(Nc2cc(Br)ccc2F)c(F)c1F. The van der Waals surface area contributed by atoms with Crippen molar-refractivity contribution in [2.45, 2.75) is 0 Å². The molecule has 0 radical (unpaired) electrons. The fourth-order valence-corrected chi connectivity index (χ4v) is 2.09. The molecule has 104 valence electrons. The van der Waals surface area contributed by atoms with Gasteiger partial charge in [0.1, 0.15) is 10.8 Å². The third-order valence-electron chi connectivity index (χ3n) is 2.55. The summed E-state index contributed by atoms with van der Waals surface area (Å²) in [7, 11) is 0. The topological polar surface area (TPSA) is 38.0 Å². The zero-order chi connectivity index (χ0) is 14.9. The van der Waals surface area contributed by atoms with E-state index >= 15 is 0 Å². The van der Waals surface area contributed by atoms with Gasteiger partial charge in [0.15, 0.2) is 11.6 Å². The lowest BCUT2D eigenvalue weighted by Gasteiger charge is -2.11. The molecule has 0 aromatic heterocycles. The zero-order valence-electron chi connectivity index (χ0n) is 9.88. The van der Waals surface area contributed by atoms with Crippen molar-refractivity contribution in [1.29, 1.82) is 0 Å². The van der Waals surface area contributed by atoms with E-state index in [1.165, 1.54) is 30.3 Å². The summed E-state index contributed by atoms with van der Waals surface area (Å²) in [6.45, 7) is 0. The van der Waals surface area contributed by atoms with E-state index in [4.69, 9.17) is 5.73 Å². The highest BCUT2D eigenvalue weighted by atomic mass is 79.9. The average Bonchev–Trinajstić information content (AvgIpc) is 2.39. The number of nitrogens with one attached hydrogen (secondary N) is 1. The maximum absolute atomic E-state index is 13.9. The number of benzene rings is 2. The van der Waals surface area contributed by atoms with Gasteiger partial charge in [-0.15, -0.1) is 0 Å². The summed E-state index contributed by atoms with van der Waals surface area (Å²) in [5.41, 5.74) is 4.88. The number of rotatable bonds is 3. The molecule has 2 aromatic rings. The molecule has 0 unspecified atom stereocenters. The van der Waals surface area contributed by atoms with Crippen molar-refractivity contribution in [2.24, 2.45) is 5.73 Å². The molecule has 2 rings (SSSR count). The van der Waals surface area contributed by atoms with Gasteiger partial charge in [-0.3, -0.25) is 0 Å². The minimum Gasteiger partial charge on any atom is -0.389 e. The van der Waals surface area contributed by atoms with Gasteiger partial charge in [-0.25, -0.2) is 13.2 Å². The monoisotopic (exact) mass is 360 g/mol. The van der Waals surface area contributed by atoms with E-state index in [0.717, 1.165) is 0 Å². The van der Waals surface area contributed by atoms with Crippen LogP contribution >= 0.6 is 28.1 Å². The van der Waals surface area contributed by atoms with E-state index in [2.05, 4.69) is 33.5 Å². The Labute approximate surface area is 126 Å². The summed E-state index contributed by atoms with van der Waals surface area (Å²) in [6.07, 6.45) is 0. The molecule has 0 atom stereocenters. The summed E-state index contributed by atoms with van der Waals surface area (Å²) < 4.78 is 41.7. The van der Waals surface area contributed by atoms with Gasteiger partial charge < -0.3 is 11.1 Å². The molecule has 7 heteroatoms. The lowest BCUT2D eigenvalue weighted by molar-refractivity contribution is 0.510. The smallest absolute Gasteiger partial charge is 0.182 e. The first-order valence-electron chi connectivity index (χ1n) is 5.40. The summed E-state index contributed by atoms with van der Waals surface area (Å²) in [6, 6.07) is 6.58. The first kappa shape index (κ1) is 14.8. The molecule has 0 aliphatic rings. The quantitative estimate of drug-likeness (QED) is 0.803. The normalized spacial score (nSPS) is 10.4. The lowest BCUT2D eigenvalue weighted by Crippen LogP contribution is -2.13. The molecule has 2 nitrogen and oxygen atoms in total. The summed E-state index contributed by atoms with van der Waals surface area (Å²) in [5.74, 6) is -2.93. The van der Waals surface area contributed by atoms with Crippen LogP contribution in [-0.2, 0) is 0 Å². The number of halogens is 4. The van der Waals surface area contributed by atoms with E-state index in [1.807, 2.05) is 0 Å². The van der Waals surface area contributed by atoms with Gasteiger partial charge in [0.05, 0.1) is 11.4 Å². The van der Waals surface area contributed by atoms with Crippen molar-refractivity contribution < 1.29 is 13.2 Å². The van der Waals surface area contributed by atoms with Crippen LogP contribution in [0.2, 0.25) is 0 Å². The maximum Gasteiger partial charge on any atom is 0.182 e. The van der Waals surface area contributed by atoms with Crippen LogP contribution in [0.5, 0.6) is 0 Å². The van der Waals surface area contributed by atoms with Crippen LogP contribution in [-0.4, -0.2) is 4.99 Å². The molecular formula is C13H8BrF3N2S. The highest BCUT2D eigenvalue weighted by molar-refractivity contribution is 9.10. The Hall–Kier alpha value is -1.60. The molecule has 0 amide bonds. The zero-order valence-corrected chi connectivity index (χ0v) is 12.3. The second-order valence-corrected chi connectivity index (χ2v) is 5.26. The lowest BCUT2D eigenvalue weighted by atomic mass is 10.1. The molecule has 0 aliphatic heterocycles. The van der Waals surface area contributed by atoms with Crippen LogP contribution in [0.25, 0.3) is 0 Å². The van der Waals surface area contributed by atoms with E-state index in [0.29, 0.717) is 4.47 Å². The maximum atomic E-state index is 13.9. The summed E-state index contributed by atoms with van der Waals surface area (Å²) in [4.78, 5) is -0.249. The van der Waals surface area contributed by atoms with Crippen LogP contribution in [0.15, 0.2) is 34.8 Å². The molecule has 3 N–H and O–H groups in total. The minimum atomic E-state index is -1.17. The van der Waals surface area contributed by atoms with Gasteiger partial charge in [0, 0.05) is 10.0 Å². The molecule has 0 saturated heterocycles. The van der Waals surface area contributed by atoms with Gasteiger partial charge >= 0.3 is 0 Å². The predicted molar refractivity (Wildman–Crippen MR) is 79.6 cm³/mol. The van der Waals surface area contributed by atoms with Gasteiger partial charge in [0.25, 0.3) is 0 Å². The molecule has 0 fully saturated rings. The van der Waals surface area contributed by atoms with E-state index in [1.54, 1.807) is 0 Å². The molecule has 0 aliphatic carbocycles. The third kappa shape index (κ3) is 2.94. The Morgan fingerprint density at radius 3 is 2.40 bits per heavy atom. The van der Waals surface area contributed by atoms with Crippen LogP contribution < -0.4 is 11.1 Å². The van der Waals surface area contributed by atoms with E-state index < -0.39 is 17.5 Å². The van der Waals surface area contributed by atoms with Crippen LogP contribution in [0.1, 0.15) is 5.56 Å². The van der Waals surface area contributed by atoms with Gasteiger partial charge in [-0.1, -0.05) is 28.1 Å². The number of hydrogen-bond acceptors (Lipinski definition) is 2. The number of hydrogen-bond donors (Lipinski definition) is 2. The average molecular weight is 361 g/mol. The van der Waals surface area contributed by atoms with Crippen LogP contribution in [0.3, 0.4) is 0 Å². The van der Waals surface area contributed by atoms with Gasteiger partial charge in [-0.05, 0) is 30.3 Å². The van der Waals surface area contributed by atoms with Crippen molar-refractivity contribution in [3.8, 4) is 0 Å². The largest absolute Gasteiger partial charge is 0.389 e. The number of anilines is 2. The first-order valence-corrected chi connectivity index (χ1v) is 6.60. The van der Waals surface area contributed by atoms with Crippen molar-refractivity contribution >= 4 is 44.5 Å². The second kappa shape index (κ2) is 5.80. The predicted octanol–water partition coefficient (Wildman–Crippen LogP) is 4.24. The Kier molecular flexibility index (Phi) is 4.29. The molecular weight excluding hydrogens is 353 g/mol. The molecule has 0 saturated carbocycles. The van der Waals surface area contributed by atoms with E-state index in [9.17, 15) is 13.2 Å². The standard InChI is InChI=1S/C13H8BrF3N2S/c14-6-1-3-8(15)10(5-6)19-9-4-2-7(13(18)20)11(16)12(9)17/h1-5,19H,(H2,18,20). The Balaban J connectivity index is 2.42. The molecule has 20 heavy (non-hydrogen) atoms. The first-order chi connectivity index (χ1) is 9.40. The molecule has 0 spiro atoms. The fourth-order valence-electron chi connectivity index (χ4n) is 1.57. The highest BCUT2D eigenvalue weighted by Gasteiger charge is 2.16. The van der Waals surface area contributed by atoms with Gasteiger partial charge in [-0.2, -0.15) is 0 Å². The molecule has 0 heterocycles. The summed E-state index contributed by atoms with van der Waals surface area (Å²) in [5, 5.41) is 2.48. The third-order valence-corrected chi connectivity index (χ3v) is 3.26. The van der Waals surface area contributed by atoms with E-state index in [-0.39, 0.29) is 21.9 Å². The molecule has 0 bridgehead atoms. The van der Waals surface area contributed by atoms with Crippen molar-refractivity contribution in [2.75, 3.05) is 5.32 Å². The number of thiocarbonyl (C=S) groups is 1. The Morgan fingerprint density at radius 1 is 1.05 bits per heavy atom. The van der Waals surface area contributed by atoms with Crippen molar-refractivity contribution in [3.63, 3.8) is 0 Å². The van der Waals surface area contributed by atoms with Gasteiger partial charge in [0.2, 0.25) is 0 Å². The van der Waals surface area contributed by atoms with Crippen molar-refractivity contribution in [3.05, 3.63) is 57.8 Å². The number of nitrogens with two attached hydrogens (primary N) is 1. The highest BCUT2D eigenvalue weighted by Crippen LogP contribution is 2.27. The fraction of sp³-hybridized carbons (Fsp3) is 0. The Morgan fingerprint density at radius 2 is 1.75 bits per heavy atom. The minimum absolute atomic E-state index is 0.0146. The van der Waals surface area contributed by atoms with Crippen LogP contribution in [0.4, 0.5) is 24.5 Å². The second-order valence-electron chi connectivity index (χ2n) is 3.90. The van der Waals surface area contributed by atoms with Crippen LogP contribution in [0, 0.1) is 17.5 Å². The Bertz CT molecular complexity index is 692.